The van der Waals surface area contributed by atoms with Crippen LogP contribution in [0.5, 0.6) is 0 Å². The highest BCUT2D eigenvalue weighted by molar-refractivity contribution is 7.99. The van der Waals surface area contributed by atoms with Gasteiger partial charge in [-0.25, -0.2) is 4.98 Å². The first kappa shape index (κ1) is 13.6. The number of aliphatic carboxylic acids is 1. The van der Waals surface area contributed by atoms with Crippen LogP contribution in [0.3, 0.4) is 0 Å². The molecule has 0 radical (unpaired) electrons. The number of hydrogen-bond donors (Lipinski definition) is 2. The molecule has 1 aromatic heterocycles. The Bertz CT molecular complexity index is 522. The lowest BCUT2D eigenvalue weighted by Gasteiger charge is -2.56. The predicted molar refractivity (Wildman–Crippen MR) is 79.1 cm³/mol. The molecule has 1 aromatic rings. The van der Waals surface area contributed by atoms with Crippen LogP contribution in [0.25, 0.3) is 0 Å². The molecule has 0 amide bonds. The first-order valence-electron chi connectivity index (χ1n) is 7.86. The van der Waals surface area contributed by atoms with Crippen molar-refractivity contribution < 1.29 is 9.90 Å². The highest BCUT2D eigenvalue weighted by atomic mass is 32.2. The first-order valence-corrected chi connectivity index (χ1v) is 8.85. The van der Waals surface area contributed by atoms with Crippen molar-refractivity contribution in [2.24, 2.45) is 23.2 Å². The van der Waals surface area contributed by atoms with Crippen molar-refractivity contribution in [1.82, 2.24) is 15.2 Å². The van der Waals surface area contributed by atoms with Gasteiger partial charge in [0.15, 0.2) is 0 Å². The van der Waals surface area contributed by atoms with Gasteiger partial charge in [0, 0.05) is 6.42 Å². The van der Waals surface area contributed by atoms with Gasteiger partial charge in [-0.15, -0.1) is 5.10 Å². The van der Waals surface area contributed by atoms with Crippen LogP contribution < -0.4 is 0 Å². The third-order valence-electron chi connectivity index (χ3n) is 5.54. The van der Waals surface area contributed by atoms with Gasteiger partial charge < -0.3 is 5.11 Å². The Hall–Kier alpha value is -1.04. The molecule has 4 aliphatic rings. The molecule has 0 unspecified atom stereocenters. The van der Waals surface area contributed by atoms with E-state index in [9.17, 15) is 4.79 Å². The number of carboxylic acids is 1. The Kier molecular flexibility index (Phi) is 3.24. The first-order chi connectivity index (χ1) is 10.1. The molecule has 5 nitrogen and oxygen atoms in total. The number of H-pyrrole nitrogens is 1. The van der Waals surface area contributed by atoms with E-state index < -0.39 is 5.97 Å². The second kappa shape index (κ2) is 5.00. The van der Waals surface area contributed by atoms with Crippen LogP contribution in [0.2, 0.25) is 0 Å². The van der Waals surface area contributed by atoms with E-state index in [1.54, 1.807) is 0 Å². The monoisotopic (exact) mass is 307 g/mol. The molecule has 0 aromatic carbocycles. The fourth-order valence-electron chi connectivity index (χ4n) is 5.41. The summed E-state index contributed by atoms with van der Waals surface area (Å²) in [5.41, 5.74) is 0.447. The molecule has 4 bridgehead atoms. The molecule has 0 atom stereocenters. The van der Waals surface area contributed by atoms with E-state index >= 15 is 0 Å². The van der Waals surface area contributed by atoms with Gasteiger partial charge in [-0.2, -0.15) is 0 Å². The summed E-state index contributed by atoms with van der Waals surface area (Å²) < 4.78 is 0. The largest absolute Gasteiger partial charge is 0.481 e. The molecule has 2 N–H and O–H groups in total. The fourth-order valence-corrected chi connectivity index (χ4v) is 5.95. The maximum Gasteiger partial charge on any atom is 0.313 e. The number of carboxylic acid groups (broad SMARTS) is 1. The van der Waals surface area contributed by atoms with Crippen molar-refractivity contribution in [2.75, 3.05) is 5.75 Å². The summed E-state index contributed by atoms with van der Waals surface area (Å²) in [5, 5.41) is 16.5. The number of aromatic amines is 1. The maximum absolute atomic E-state index is 10.6. The highest BCUT2D eigenvalue weighted by Gasteiger charge is 2.51. The number of aromatic nitrogens is 3. The standard InChI is InChI=1S/C15H21N3O2S/c19-13(20)8-21-14-16-12(17-18-14)7-15-4-9-1-10(5-15)3-11(2-9)6-15/h9-11H,1-8H2,(H,19,20)(H,16,17,18). The summed E-state index contributed by atoms with van der Waals surface area (Å²) >= 11 is 1.19. The molecular weight excluding hydrogens is 286 g/mol. The van der Waals surface area contributed by atoms with E-state index in [-0.39, 0.29) is 5.75 Å². The Morgan fingerprint density at radius 1 is 1.24 bits per heavy atom. The lowest BCUT2D eigenvalue weighted by atomic mass is 9.49. The average Bonchev–Trinajstić information content (AvgIpc) is 2.81. The van der Waals surface area contributed by atoms with E-state index in [1.165, 1.54) is 50.3 Å². The lowest BCUT2D eigenvalue weighted by Crippen LogP contribution is -2.47. The summed E-state index contributed by atoms with van der Waals surface area (Å²) in [5.74, 6) is 2.98. The van der Waals surface area contributed by atoms with Crippen molar-refractivity contribution in [1.29, 1.82) is 0 Å². The molecule has 1 heterocycles. The van der Waals surface area contributed by atoms with Crippen LogP contribution >= 0.6 is 11.8 Å². The average molecular weight is 307 g/mol. The number of carbonyl (C=O) groups is 1. The van der Waals surface area contributed by atoms with E-state index in [1.807, 2.05) is 0 Å². The van der Waals surface area contributed by atoms with Gasteiger partial charge in [0.2, 0.25) is 5.16 Å². The third-order valence-corrected chi connectivity index (χ3v) is 6.38. The fraction of sp³-hybridized carbons (Fsp3) is 0.800. The zero-order valence-corrected chi connectivity index (χ0v) is 12.9. The minimum absolute atomic E-state index is 0.0225. The lowest BCUT2D eigenvalue weighted by molar-refractivity contribution is -0.133. The highest BCUT2D eigenvalue weighted by Crippen LogP contribution is 2.60. The van der Waals surface area contributed by atoms with Crippen LogP contribution in [0.1, 0.15) is 44.3 Å². The van der Waals surface area contributed by atoms with Crippen molar-refractivity contribution in [3.8, 4) is 0 Å². The van der Waals surface area contributed by atoms with Crippen molar-refractivity contribution >= 4 is 17.7 Å². The quantitative estimate of drug-likeness (QED) is 0.818. The molecular formula is C15H21N3O2S. The number of hydrogen-bond acceptors (Lipinski definition) is 4. The summed E-state index contributed by atoms with van der Waals surface area (Å²) in [6.07, 6.45) is 9.43. The Morgan fingerprint density at radius 3 is 2.43 bits per heavy atom. The van der Waals surface area contributed by atoms with Crippen LogP contribution in [0.4, 0.5) is 0 Å². The van der Waals surface area contributed by atoms with Gasteiger partial charge in [-0.05, 0) is 61.7 Å². The summed E-state index contributed by atoms with van der Waals surface area (Å²) in [6, 6.07) is 0. The van der Waals surface area contributed by atoms with Gasteiger partial charge in [-0.3, -0.25) is 9.89 Å². The SMILES string of the molecule is O=C(O)CSc1n[nH]c(CC23CC4CC(CC(C4)C2)C3)n1. The molecule has 21 heavy (non-hydrogen) atoms. The van der Waals surface area contributed by atoms with Gasteiger partial charge in [0.1, 0.15) is 5.82 Å². The second-order valence-corrected chi connectivity index (χ2v) is 8.28. The van der Waals surface area contributed by atoms with E-state index in [4.69, 9.17) is 5.11 Å². The molecule has 0 saturated heterocycles. The van der Waals surface area contributed by atoms with Gasteiger partial charge in [0.25, 0.3) is 0 Å². The van der Waals surface area contributed by atoms with Crippen LogP contribution in [0.15, 0.2) is 5.16 Å². The Labute approximate surface area is 128 Å². The topological polar surface area (TPSA) is 78.9 Å². The van der Waals surface area contributed by atoms with E-state index in [2.05, 4.69) is 15.2 Å². The number of nitrogens with zero attached hydrogens (tertiary/aromatic N) is 2. The molecule has 0 spiro atoms. The number of rotatable bonds is 5. The minimum Gasteiger partial charge on any atom is -0.481 e. The number of nitrogens with one attached hydrogen (secondary N) is 1. The van der Waals surface area contributed by atoms with Crippen molar-refractivity contribution in [2.45, 2.75) is 50.1 Å². The minimum atomic E-state index is -0.826. The molecule has 0 aliphatic heterocycles. The maximum atomic E-state index is 10.6. The van der Waals surface area contributed by atoms with Crippen molar-refractivity contribution in [3.05, 3.63) is 5.82 Å². The summed E-state index contributed by atoms with van der Waals surface area (Å²) in [6.45, 7) is 0. The predicted octanol–water partition coefficient (Wildman–Crippen LogP) is 2.74. The zero-order chi connectivity index (χ0) is 14.4. The summed E-state index contributed by atoms with van der Waals surface area (Å²) in [7, 11) is 0. The van der Waals surface area contributed by atoms with E-state index in [0.717, 1.165) is 30.0 Å². The van der Waals surface area contributed by atoms with Gasteiger partial charge in [-0.1, -0.05) is 11.8 Å². The van der Waals surface area contributed by atoms with Gasteiger partial charge >= 0.3 is 5.97 Å². The molecule has 5 rings (SSSR count). The molecule has 4 saturated carbocycles. The van der Waals surface area contributed by atoms with E-state index in [0.29, 0.717) is 10.6 Å². The molecule has 4 aliphatic carbocycles. The summed E-state index contributed by atoms with van der Waals surface area (Å²) in [4.78, 5) is 15.1. The Morgan fingerprint density at radius 2 is 1.86 bits per heavy atom. The Balaban J connectivity index is 1.45. The molecule has 114 valence electrons. The molecule has 4 fully saturated rings. The third kappa shape index (κ3) is 2.70. The zero-order valence-electron chi connectivity index (χ0n) is 12.0. The normalized spacial score (nSPS) is 37.0. The second-order valence-electron chi connectivity index (χ2n) is 7.34. The van der Waals surface area contributed by atoms with Crippen molar-refractivity contribution in [3.63, 3.8) is 0 Å². The molecule has 6 heteroatoms. The van der Waals surface area contributed by atoms with Crippen LogP contribution in [0, 0.1) is 23.2 Å². The van der Waals surface area contributed by atoms with Crippen LogP contribution in [-0.2, 0) is 11.2 Å². The van der Waals surface area contributed by atoms with Crippen LogP contribution in [-0.4, -0.2) is 32.0 Å². The smallest absolute Gasteiger partial charge is 0.313 e. The van der Waals surface area contributed by atoms with Gasteiger partial charge in [0.05, 0.1) is 5.75 Å². The number of thioether (sulfide) groups is 1.